The molecule has 4 heteroatoms. The van der Waals surface area contributed by atoms with Gasteiger partial charge in [0.1, 0.15) is 0 Å². The first-order valence-corrected chi connectivity index (χ1v) is 8.28. The summed E-state index contributed by atoms with van der Waals surface area (Å²) in [7, 11) is 1.98. The van der Waals surface area contributed by atoms with Gasteiger partial charge in [-0.2, -0.15) is 0 Å². The van der Waals surface area contributed by atoms with Crippen LogP contribution in [0, 0.1) is 0 Å². The molecule has 0 saturated heterocycles. The Bertz CT molecular complexity index is 716. The minimum Gasteiger partial charge on any atom is -0.311 e. The van der Waals surface area contributed by atoms with Crippen molar-refractivity contribution in [3.05, 3.63) is 64.7 Å². The molecule has 1 aliphatic rings. The third-order valence-corrected chi connectivity index (χ3v) is 4.80. The number of hydrogen-bond donors (Lipinski definition) is 0. The van der Waals surface area contributed by atoms with Gasteiger partial charge >= 0.3 is 0 Å². The summed E-state index contributed by atoms with van der Waals surface area (Å²) in [5.41, 5.74) is 3.43. The van der Waals surface area contributed by atoms with Crippen LogP contribution in [0.25, 0.3) is 0 Å². The highest BCUT2D eigenvalue weighted by atomic mass is 35.5. The standard InChI is InChI=1S/C19H21ClN2O/c1-14(16-7-5-8-17(20)12-16)21(2)13-19(23)22-11-10-15-6-3-4-9-18(15)22/h3-9,12,14H,10-11,13H2,1-2H3. The monoisotopic (exact) mass is 328 g/mol. The summed E-state index contributed by atoms with van der Waals surface area (Å²) in [6.07, 6.45) is 0.940. The molecule has 1 aliphatic heterocycles. The molecule has 2 aromatic carbocycles. The quantitative estimate of drug-likeness (QED) is 0.849. The Kier molecular flexibility index (Phi) is 4.69. The van der Waals surface area contributed by atoms with Crippen LogP contribution in [0.3, 0.4) is 0 Å². The first-order chi connectivity index (χ1) is 11.1. The Morgan fingerprint density at radius 3 is 2.83 bits per heavy atom. The van der Waals surface area contributed by atoms with Gasteiger partial charge in [0.25, 0.3) is 0 Å². The zero-order valence-electron chi connectivity index (χ0n) is 13.5. The minimum atomic E-state index is 0.135. The fourth-order valence-electron chi connectivity index (χ4n) is 3.05. The Hall–Kier alpha value is -1.84. The van der Waals surface area contributed by atoms with E-state index in [1.807, 2.05) is 54.4 Å². The molecule has 0 spiro atoms. The Morgan fingerprint density at radius 1 is 1.26 bits per heavy atom. The lowest BCUT2D eigenvalue weighted by Gasteiger charge is -2.27. The van der Waals surface area contributed by atoms with Gasteiger partial charge in [0.05, 0.1) is 6.54 Å². The molecule has 1 heterocycles. The maximum atomic E-state index is 12.7. The number of carbonyl (C=O) groups excluding carboxylic acids is 1. The lowest BCUT2D eigenvalue weighted by atomic mass is 10.1. The number of amides is 1. The highest BCUT2D eigenvalue weighted by Gasteiger charge is 2.26. The number of rotatable bonds is 4. The highest BCUT2D eigenvalue weighted by molar-refractivity contribution is 6.30. The van der Waals surface area contributed by atoms with Crippen LogP contribution in [0.15, 0.2) is 48.5 Å². The van der Waals surface area contributed by atoms with Crippen LogP contribution in [-0.4, -0.2) is 30.9 Å². The number of likely N-dealkylation sites (N-methyl/N-ethyl adjacent to an activating group) is 1. The lowest BCUT2D eigenvalue weighted by molar-refractivity contribution is -0.119. The van der Waals surface area contributed by atoms with Gasteiger partial charge < -0.3 is 4.90 Å². The van der Waals surface area contributed by atoms with E-state index in [4.69, 9.17) is 11.6 Å². The van der Waals surface area contributed by atoms with Crippen LogP contribution in [0.4, 0.5) is 5.69 Å². The zero-order chi connectivity index (χ0) is 16.4. The van der Waals surface area contributed by atoms with Crippen LogP contribution in [0.2, 0.25) is 5.02 Å². The molecule has 120 valence electrons. The smallest absolute Gasteiger partial charge is 0.241 e. The van der Waals surface area contributed by atoms with Gasteiger partial charge in [0.15, 0.2) is 0 Å². The second-order valence-electron chi connectivity index (χ2n) is 6.07. The molecule has 1 unspecified atom stereocenters. The first-order valence-electron chi connectivity index (χ1n) is 7.90. The van der Waals surface area contributed by atoms with Crippen molar-refractivity contribution in [3.63, 3.8) is 0 Å². The van der Waals surface area contributed by atoms with E-state index in [1.165, 1.54) is 5.56 Å². The van der Waals surface area contributed by atoms with Crippen molar-refractivity contribution in [3.8, 4) is 0 Å². The second-order valence-corrected chi connectivity index (χ2v) is 6.51. The number of halogens is 1. The molecule has 0 fully saturated rings. The number of benzene rings is 2. The fraction of sp³-hybridized carbons (Fsp3) is 0.316. The van der Waals surface area contributed by atoms with Gasteiger partial charge in [0, 0.05) is 23.3 Å². The van der Waals surface area contributed by atoms with Gasteiger partial charge in [-0.3, -0.25) is 9.69 Å². The van der Waals surface area contributed by atoms with Gasteiger partial charge in [-0.1, -0.05) is 41.9 Å². The Balaban J connectivity index is 1.68. The fourth-order valence-corrected chi connectivity index (χ4v) is 3.25. The van der Waals surface area contributed by atoms with Gasteiger partial charge in [-0.25, -0.2) is 0 Å². The molecule has 3 rings (SSSR count). The third kappa shape index (κ3) is 3.41. The predicted molar refractivity (Wildman–Crippen MR) is 95.0 cm³/mol. The van der Waals surface area contributed by atoms with Crippen molar-refractivity contribution in [2.45, 2.75) is 19.4 Å². The van der Waals surface area contributed by atoms with Crippen molar-refractivity contribution >= 4 is 23.2 Å². The second kappa shape index (κ2) is 6.73. The molecule has 0 radical (unpaired) electrons. The lowest BCUT2D eigenvalue weighted by Crippen LogP contribution is -2.39. The molecule has 0 N–H and O–H groups in total. The molecule has 2 aromatic rings. The molecular formula is C19H21ClN2O. The minimum absolute atomic E-state index is 0.135. The molecule has 23 heavy (non-hydrogen) atoms. The first kappa shape index (κ1) is 16.0. The highest BCUT2D eigenvalue weighted by Crippen LogP contribution is 2.28. The number of nitrogens with zero attached hydrogens (tertiary/aromatic N) is 2. The number of carbonyl (C=O) groups is 1. The molecule has 3 nitrogen and oxygen atoms in total. The topological polar surface area (TPSA) is 23.6 Å². The number of anilines is 1. The van der Waals surface area contributed by atoms with E-state index < -0.39 is 0 Å². The summed E-state index contributed by atoms with van der Waals surface area (Å²) < 4.78 is 0. The molecule has 1 amide bonds. The molecule has 0 aliphatic carbocycles. The van der Waals surface area contributed by atoms with Gasteiger partial charge in [0.2, 0.25) is 5.91 Å². The summed E-state index contributed by atoms with van der Waals surface area (Å²) in [4.78, 5) is 16.6. The molecule has 0 saturated carbocycles. The number of fused-ring (bicyclic) bond motifs is 1. The summed E-state index contributed by atoms with van der Waals surface area (Å²) in [6, 6.07) is 16.1. The van der Waals surface area contributed by atoms with Crippen LogP contribution in [0.1, 0.15) is 24.1 Å². The van der Waals surface area contributed by atoms with Crippen molar-refractivity contribution < 1.29 is 4.79 Å². The van der Waals surface area contributed by atoms with Gasteiger partial charge in [-0.15, -0.1) is 0 Å². The average molecular weight is 329 g/mol. The van der Waals surface area contributed by atoms with Crippen molar-refractivity contribution in [1.82, 2.24) is 4.90 Å². The van der Waals surface area contributed by atoms with E-state index in [-0.39, 0.29) is 11.9 Å². The summed E-state index contributed by atoms with van der Waals surface area (Å²) in [6.45, 7) is 3.26. The molecule has 0 bridgehead atoms. The van der Waals surface area contributed by atoms with E-state index in [9.17, 15) is 4.79 Å². The predicted octanol–water partition coefficient (Wildman–Crippen LogP) is 3.92. The van der Waals surface area contributed by atoms with Crippen LogP contribution in [0.5, 0.6) is 0 Å². The summed E-state index contributed by atoms with van der Waals surface area (Å²) in [5.74, 6) is 0.145. The Labute approximate surface area is 142 Å². The maximum absolute atomic E-state index is 12.7. The summed E-state index contributed by atoms with van der Waals surface area (Å²) >= 11 is 6.07. The van der Waals surface area contributed by atoms with E-state index in [0.29, 0.717) is 6.54 Å². The number of para-hydroxylation sites is 1. The van der Waals surface area contributed by atoms with Crippen molar-refractivity contribution in [2.24, 2.45) is 0 Å². The molecular weight excluding hydrogens is 308 g/mol. The van der Waals surface area contributed by atoms with Crippen LogP contribution < -0.4 is 4.90 Å². The number of hydrogen-bond acceptors (Lipinski definition) is 2. The molecule has 0 aromatic heterocycles. The molecule has 1 atom stereocenters. The van der Waals surface area contributed by atoms with E-state index in [2.05, 4.69) is 17.9 Å². The third-order valence-electron chi connectivity index (χ3n) is 4.57. The maximum Gasteiger partial charge on any atom is 0.241 e. The van der Waals surface area contributed by atoms with Crippen LogP contribution in [-0.2, 0) is 11.2 Å². The average Bonchev–Trinajstić information content (AvgIpc) is 2.98. The van der Waals surface area contributed by atoms with Crippen LogP contribution >= 0.6 is 11.6 Å². The Morgan fingerprint density at radius 2 is 2.04 bits per heavy atom. The largest absolute Gasteiger partial charge is 0.311 e. The SMILES string of the molecule is CC(c1cccc(Cl)c1)N(C)CC(=O)N1CCc2ccccc21. The van der Waals surface area contributed by atoms with Crippen molar-refractivity contribution in [1.29, 1.82) is 0 Å². The summed E-state index contributed by atoms with van der Waals surface area (Å²) in [5, 5.41) is 0.725. The normalized spacial score (nSPS) is 14.9. The van der Waals surface area contributed by atoms with Gasteiger partial charge in [-0.05, 0) is 49.7 Å². The zero-order valence-corrected chi connectivity index (χ0v) is 14.3. The van der Waals surface area contributed by atoms with E-state index >= 15 is 0 Å². The van der Waals surface area contributed by atoms with E-state index in [1.54, 1.807) is 0 Å². The van der Waals surface area contributed by atoms with Crippen molar-refractivity contribution in [2.75, 3.05) is 25.0 Å². The van der Waals surface area contributed by atoms with E-state index in [0.717, 1.165) is 29.2 Å².